The lowest BCUT2D eigenvalue weighted by atomic mass is 10.1. The molecule has 1 aliphatic carbocycles. The molecule has 0 heterocycles. The normalized spacial score (nSPS) is 16.7. The van der Waals surface area contributed by atoms with Gasteiger partial charge < -0.3 is 15.4 Å². The molecule has 17 heavy (non-hydrogen) atoms. The van der Waals surface area contributed by atoms with E-state index in [2.05, 4.69) is 16.7 Å². The van der Waals surface area contributed by atoms with Crippen molar-refractivity contribution in [2.45, 2.75) is 38.6 Å². The van der Waals surface area contributed by atoms with Crippen LogP contribution in [0.25, 0.3) is 0 Å². The van der Waals surface area contributed by atoms with Crippen LogP contribution in [0.4, 0.5) is 0 Å². The van der Waals surface area contributed by atoms with Crippen molar-refractivity contribution in [3.8, 4) is 0 Å². The van der Waals surface area contributed by atoms with E-state index in [4.69, 9.17) is 4.74 Å². The number of hydrogen-bond acceptors (Lipinski definition) is 3. The predicted molar refractivity (Wildman–Crippen MR) is 68.9 cm³/mol. The molecule has 4 heteroatoms. The van der Waals surface area contributed by atoms with Gasteiger partial charge in [-0.15, -0.1) is 0 Å². The van der Waals surface area contributed by atoms with E-state index in [0.717, 1.165) is 13.0 Å². The lowest BCUT2D eigenvalue weighted by Gasteiger charge is -2.14. The van der Waals surface area contributed by atoms with Crippen molar-refractivity contribution >= 4 is 5.91 Å². The van der Waals surface area contributed by atoms with Crippen LogP contribution in [0, 0.1) is 0 Å². The molecule has 0 saturated carbocycles. The summed E-state index contributed by atoms with van der Waals surface area (Å²) >= 11 is 0. The molecule has 1 aliphatic rings. The zero-order valence-corrected chi connectivity index (χ0v) is 10.9. The highest BCUT2D eigenvalue weighted by atomic mass is 16.5. The first-order valence-corrected chi connectivity index (χ1v) is 6.42. The van der Waals surface area contributed by atoms with Gasteiger partial charge in [0, 0.05) is 13.7 Å². The van der Waals surface area contributed by atoms with E-state index in [1.165, 1.54) is 24.8 Å². The van der Waals surface area contributed by atoms with Gasteiger partial charge in [0.1, 0.15) is 0 Å². The summed E-state index contributed by atoms with van der Waals surface area (Å²) in [6.45, 7) is 3.91. The third kappa shape index (κ3) is 5.84. The first-order valence-electron chi connectivity index (χ1n) is 6.42. The fourth-order valence-corrected chi connectivity index (χ4v) is 1.94. The van der Waals surface area contributed by atoms with Crippen LogP contribution in [-0.2, 0) is 9.53 Å². The molecule has 0 aromatic carbocycles. The monoisotopic (exact) mass is 240 g/mol. The van der Waals surface area contributed by atoms with Gasteiger partial charge in [0.05, 0.1) is 12.6 Å². The number of rotatable bonds is 8. The quantitative estimate of drug-likeness (QED) is 0.495. The Hall–Kier alpha value is -0.870. The maximum Gasteiger partial charge on any atom is 0.236 e. The van der Waals surface area contributed by atoms with Gasteiger partial charge in [0.25, 0.3) is 0 Å². The van der Waals surface area contributed by atoms with E-state index < -0.39 is 0 Å². The van der Waals surface area contributed by atoms with E-state index in [1.54, 1.807) is 7.11 Å². The topological polar surface area (TPSA) is 50.4 Å². The van der Waals surface area contributed by atoms with Crippen LogP contribution in [0.3, 0.4) is 0 Å². The van der Waals surface area contributed by atoms with Crippen LogP contribution in [0.1, 0.15) is 32.6 Å². The highest BCUT2D eigenvalue weighted by Gasteiger charge is 2.11. The Morgan fingerprint density at radius 3 is 3.00 bits per heavy atom. The van der Waals surface area contributed by atoms with Crippen LogP contribution in [0.5, 0.6) is 0 Å². The maximum absolute atomic E-state index is 11.6. The van der Waals surface area contributed by atoms with Crippen molar-refractivity contribution in [1.82, 2.24) is 10.6 Å². The predicted octanol–water partition coefficient (Wildman–Crippen LogP) is 1.23. The van der Waals surface area contributed by atoms with Crippen LogP contribution < -0.4 is 10.6 Å². The Kier molecular flexibility index (Phi) is 6.89. The van der Waals surface area contributed by atoms with Crippen molar-refractivity contribution in [3.05, 3.63) is 11.6 Å². The van der Waals surface area contributed by atoms with Crippen molar-refractivity contribution < 1.29 is 9.53 Å². The number of allylic oxidation sites excluding steroid dienone is 1. The minimum absolute atomic E-state index is 0.0439. The Morgan fingerprint density at radius 1 is 1.53 bits per heavy atom. The number of ether oxygens (including phenoxy) is 1. The second-order valence-corrected chi connectivity index (χ2v) is 4.46. The van der Waals surface area contributed by atoms with E-state index in [-0.39, 0.29) is 11.9 Å². The minimum Gasteiger partial charge on any atom is -0.383 e. The Bertz CT molecular complexity index is 264. The SMILES string of the molecule is COCCNC(=O)C(C)NCCC1=CCCC1. The van der Waals surface area contributed by atoms with Gasteiger partial charge in [-0.25, -0.2) is 0 Å². The summed E-state index contributed by atoms with van der Waals surface area (Å²) in [6, 6.07) is -0.131. The molecular formula is C13H24N2O2. The molecule has 0 aliphatic heterocycles. The zero-order chi connectivity index (χ0) is 12.5. The number of methoxy groups -OCH3 is 1. The molecule has 2 N–H and O–H groups in total. The Balaban J connectivity index is 2.06. The molecule has 4 nitrogen and oxygen atoms in total. The highest BCUT2D eigenvalue weighted by molar-refractivity contribution is 5.81. The highest BCUT2D eigenvalue weighted by Crippen LogP contribution is 2.19. The molecule has 1 amide bonds. The fourth-order valence-electron chi connectivity index (χ4n) is 1.94. The molecule has 98 valence electrons. The third-order valence-corrected chi connectivity index (χ3v) is 3.03. The van der Waals surface area contributed by atoms with Crippen LogP contribution in [0.2, 0.25) is 0 Å². The third-order valence-electron chi connectivity index (χ3n) is 3.03. The standard InChI is InChI=1S/C13H24N2O2/c1-11(13(16)15-9-10-17-2)14-8-7-12-5-3-4-6-12/h5,11,14H,3-4,6-10H2,1-2H3,(H,15,16). The van der Waals surface area contributed by atoms with E-state index >= 15 is 0 Å². The van der Waals surface area contributed by atoms with E-state index in [9.17, 15) is 4.79 Å². The smallest absolute Gasteiger partial charge is 0.236 e. The summed E-state index contributed by atoms with van der Waals surface area (Å²) in [4.78, 5) is 11.6. The number of hydrogen-bond donors (Lipinski definition) is 2. The van der Waals surface area contributed by atoms with Gasteiger partial charge in [-0.3, -0.25) is 4.79 Å². The summed E-state index contributed by atoms with van der Waals surface area (Å²) in [5.74, 6) is 0.0439. The van der Waals surface area contributed by atoms with Crippen molar-refractivity contribution in [2.24, 2.45) is 0 Å². The zero-order valence-electron chi connectivity index (χ0n) is 10.9. The van der Waals surface area contributed by atoms with Crippen molar-refractivity contribution in [3.63, 3.8) is 0 Å². The van der Waals surface area contributed by atoms with Crippen LogP contribution >= 0.6 is 0 Å². The molecule has 0 aromatic heterocycles. The van der Waals surface area contributed by atoms with Gasteiger partial charge >= 0.3 is 0 Å². The lowest BCUT2D eigenvalue weighted by Crippen LogP contribution is -2.43. The molecule has 0 saturated heterocycles. The summed E-state index contributed by atoms with van der Waals surface area (Å²) < 4.78 is 4.88. The number of carbonyl (C=O) groups excluding carboxylic acids is 1. The van der Waals surface area contributed by atoms with E-state index in [0.29, 0.717) is 13.2 Å². The van der Waals surface area contributed by atoms with Crippen LogP contribution in [0.15, 0.2) is 11.6 Å². The van der Waals surface area contributed by atoms with Gasteiger partial charge in [-0.1, -0.05) is 11.6 Å². The molecule has 0 spiro atoms. The number of carbonyl (C=O) groups is 1. The average Bonchev–Trinajstić information content (AvgIpc) is 2.82. The second-order valence-electron chi connectivity index (χ2n) is 4.46. The molecule has 1 rings (SSSR count). The van der Waals surface area contributed by atoms with E-state index in [1.807, 2.05) is 6.92 Å². The first-order chi connectivity index (χ1) is 8.24. The summed E-state index contributed by atoms with van der Waals surface area (Å²) in [5.41, 5.74) is 1.53. The average molecular weight is 240 g/mol. The molecule has 0 radical (unpaired) electrons. The minimum atomic E-state index is -0.131. The van der Waals surface area contributed by atoms with Gasteiger partial charge in [0.2, 0.25) is 5.91 Å². The Morgan fingerprint density at radius 2 is 2.35 bits per heavy atom. The number of amides is 1. The molecule has 0 fully saturated rings. The summed E-state index contributed by atoms with van der Waals surface area (Å²) in [5, 5.41) is 6.06. The first kappa shape index (κ1) is 14.2. The van der Waals surface area contributed by atoms with Gasteiger partial charge in [-0.2, -0.15) is 0 Å². The van der Waals surface area contributed by atoms with Gasteiger partial charge in [0.15, 0.2) is 0 Å². The van der Waals surface area contributed by atoms with Crippen molar-refractivity contribution in [2.75, 3.05) is 26.8 Å². The number of nitrogens with one attached hydrogen (secondary N) is 2. The lowest BCUT2D eigenvalue weighted by molar-refractivity contribution is -0.122. The molecule has 1 atom stereocenters. The fraction of sp³-hybridized carbons (Fsp3) is 0.769. The maximum atomic E-state index is 11.6. The van der Waals surface area contributed by atoms with Crippen LogP contribution in [-0.4, -0.2) is 38.8 Å². The molecule has 0 bridgehead atoms. The summed E-state index contributed by atoms with van der Waals surface area (Å²) in [6.07, 6.45) is 7.14. The Labute approximate surface area is 104 Å². The second kappa shape index (κ2) is 8.25. The van der Waals surface area contributed by atoms with Crippen molar-refractivity contribution in [1.29, 1.82) is 0 Å². The molecule has 1 unspecified atom stereocenters. The molecule has 0 aromatic rings. The largest absolute Gasteiger partial charge is 0.383 e. The molecular weight excluding hydrogens is 216 g/mol. The summed E-state index contributed by atoms with van der Waals surface area (Å²) in [7, 11) is 1.63. The van der Waals surface area contributed by atoms with Gasteiger partial charge in [-0.05, 0) is 39.2 Å².